The van der Waals surface area contributed by atoms with E-state index in [9.17, 15) is 0 Å². The molecule has 0 aliphatic heterocycles. The number of nitrogens with zero attached hydrogens (tertiary/aromatic N) is 2. The fourth-order valence-corrected chi connectivity index (χ4v) is 2.97. The average molecular weight is 342 g/mol. The Kier molecular flexibility index (Phi) is 3.80. The lowest BCUT2D eigenvalue weighted by Crippen LogP contribution is -2.16. The van der Waals surface area contributed by atoms with Crippen molar-refractivity contribution in [2.75, 3.05) is 17.7 Å². The Morgan fingerprint density at radius 1 is 1.14 bits per heavy atom. The number of benzene rings is 2. The van der Waals surface area contributed by atoms with E-state index in [1.165, 1.54) is 5.56 Å². The van der Waals surface area contributed by atoms with Crippen molar-refractivity contribution < 1.29 is 0 Å². The number of aromatic nitrogens is 1. The summed E-state index contributed by atoms with van der Waals surface area (Å²) < 4.78 is 1.10. The number of hydrogen-bond donors (Lipinski definition) is 1. The van der Waals surface area contributed by atoms with Crippen LogP contribution in [0.4, 0.5) is 11.4 Å². The van der Waals surface area contributed by atoms with Gasteiger partial charge >= 0.3 is 0 Å². The number of nitrogen functional groups attached to an aromatic ring is 1. The quantitative estimate of drug-likeness (QED) is 0.725. The van der Waals surface area contributed by atoms with Gasteiger partial charge < -0.3 is 10.6 Å². The number of fused-ring (bicyclic) bond motifs is 1. The molecule has 4 heteroatoms. The highest BCUT2D eigenvalue weighted by Gasteiger charge is 2.09. The molecular weight excluding hydrogens is 326 g/mol. The summed E-state index contributed by atoms with van der Waals surface area (Å²) >= 11 is 3.51. The van der Waals surface area contributed by atoms with Crippen molar-refractivity contribution in [3.8, 4) is 0 Å². The predicted octanol–water partition coefficient (Wildman–Crippen LogP) is 4.22. The van der Waals surface area contributed by atoms with Crippen molar-refractivity contribution in [2.24, 2.45) is 0 Å². The van der Waals surface area contributed by atoms with E-state index < -0.39 is 0 Å². The van der Waals surface area contributed by atoms with Crippen LogP contribution >= 0.6 is 15.9 Å². The van der Waals surface area contributed by atoms with Gasteiger partial charge in [0.2, 0.25) is 0 Å². The van der Waals surface area contributed by atoms with Gasteiger partial charge in [0.25, 0.3) is 0 Å². The van der Waals surface area contributed by atoms with E-state index in [0.717, 1.165) is 33.2 Å². The molecule has 2 N–H and O–H groups in total. The van der Waals surface area contributed by atoms with Gasteiger partial charge in [0.05, 0.1) is 0 Å². The Morgan fingerprint density at radius 3 is 2.81 bits per heavy atom. The van der Waals surface area contributed by atoms with Crippen molar-refractivity contribution in [1.29, 1.82) is 0 Å². The van der Waals surface area contributed by atoms with Crippen LogP contribution in [0.15, 0.2) is 59.3 Å². The minimum Gasteiger partial charge on any atom is -0.398 e. The Morgan fingerprint density at radius 2 is 2.00 bits per heavy atom. The largest absolute Gasteiger partial charge is 0.398 e. The van der Waals surface area contributed by atoms with Crippen LogP contribution in [0, 0.1) is 0 Å². The van der Waals surface area contributed by atoms with E-state index >= 15 is 0 Å². The number of nitrogens with two attached hydrogens (primary N) is 1. The van der Waals surface area contributed by atoms with Crippen molar-refractivity contribution in [3.05, 3.63) is 64.9 Å². The van der Waals surface area contributed by atoms with Crippen LogP contribution in [-0.4, -0.2) is 12.0 Å². The summed E-state index contributed by atoms with van der Waals surface area (Å²) in [6.07, 6.45) is 3.62. The maximum Gasteiger partial charge on any atom is 0.0448 e. The molecule has 106 valence electrons. The van der Waals surface area contributed by atoms with Crippen molar-refractivity contribution in [1.82, 2.24) is 4.98 Å². The summed E-state index contributed by atoms with van der Waals surface area (Å²) in [5.74, 6) is 0. The summed E-state index contributed by atoms with van der Waals surface area (Å²) in [7, 11) is 2.09. The van der Waals surface area contributed by atoms with Crippen LogP contribution in [0.2, 0.25) is 0 Å². The normalized spacial score (nSPS) is 10.8. The highest BCUT2D eigenvalue weighted by molar-refractivity contribution is 9.10. The van der Waals surface area contributed by atoms with Crippen molar-refractivity contribution in [2.45, 2.75) is 6.54 Å². The maximum absolute atomic E-state index is 6.03. The van der Waals surface area contributed by atoms with E-state index in [0.29, 0.717) is 0 Å². The molecule has 0 fully saturated rings. The molecule has 0 saturated heterocycles. The van der Waals surface area contributed by atoms with Crippen LogP contribution in [-0.2, 0) is 6.54 Å². The summed E-state index contributed by atoms with van der Waals surface area (Å²) in [6.45, 7) is 0.834. The SMILES string of the molecule is CN(Cc1cccc(Br)c1)c1ccc(N)c2cnccc12. The number of halogens is 1. The second kappa shape index (κ2) is 5.74. The molecule has 3 nitrogen and oxygen atoms in total. The molecule has 21 heavy (non-hydrogen) atoms. The third-order valence-electron chi connectivity index (χ3n) is 3.55. The molecule has 0 aliphatic carbocycles. The molecule has 0 spiro atoms. The summed E-state index contributed by atoms with van der Waals surface area (Å²) in [5, 5.41) is 2.12. The molecule has 0 bridgehead atoms. The number of hydrogen-bond acceptors (Lipinski definition) is 3. The van der Waals surface area contributed by atoms with Gasteiger partial charge in [-0.2, -0.15) is 0 Å². The Balaban J connectivity index is 1.98. The third-order valence-corrected chi connectivity index (χ3v) is 4.04. The molecule has 0 saturated carbocycles. The third kappa shape index (κ3) is 2.85. The molecule has 0 unspecified atom stereocenters. The summed E-state index contributed by atoms with van der Waals surface area (Å²) in [5.41, 5.74) is 9.20. The minimum atomic E-state index is 0.762. The fraction of sp³-hybridized carbons (Fsp3) is 0.118. The van der Waals surface area contributed by atoms with Crippen LogP contribution in [0.25, 0.3) is 10.8 Å². The highest BCUT2D eigenvalue weighted by atomic mass is 79.9. The first kappa shape index (κ1) is 13.9. The zero-order chi connectivity index (χ0) is 14.8. The predicted molar refractivity (Wildman–Crippen MR) is 92.4 cm³/mol. The van der Waals surface area contributed by atoms with Gasteiger partial charge in [-0.3, -0.25) is 4.98 Å². The van der Waals surface area contributed by atoms with Gasteiger partial charge in [0.1, 0.15) is 0 Å². The lowest BCUT2D eigenvalue weighted by atomic mass is 10.1. The number of pyridine rings is 1. The zero-order valence-corrected chi connectivity index (χ0v) is 13.3. The lowest BCUT2D eigenvalue weighted by molar-refractivity contribution is 0.927. The Bertz CT molecular complexity index is 786. The molecule has 3 aromatic rings. The Labute approximate surface area is 132 Å². The lowest BCUT2D eigenvalue weighted by Gasteiger charge is -2.22. The van der Waals surface area contributed by atoms with Crippen LogP contribution in [0.1, 0.15) is 5.56 Å². The minimum absolute atomic E-state index is 0.762. The molecule has 1 aromatic heterocycles. The van der Waals surface area contributed by atoms with Crippen LogP contribution in [0.5, 0.6) is 0 Å². The second-order valence-corrected chi connectivity index (χ2v) is 6.00. The first-order valence-corrected chi connectivity index (χ1v) is 7.52. The monoisotopic (exact) mass is 341 g/mol. The second-order valence-electron chi connectivity index (χ2n) is 5.08. The molecule has 1 heterocycles. The highest BCUT2D eigenvalue weighted by Crippen LogP contribution is 2.30. The van der Waals surface area contributed by atoms with E-state index in [1.54, 1.807) is 6.20 Å². The molecule has 0 radical (unpaired) electrons. The van der Waals surface area contributed by atoms with Gasteiger partial charge in [-0.05, 0) is 35.9 Å². The van der Waals surface area contributed by atoms with E-state index in [4.69, 9.17) is 5.73 Å². The molecule has 2 aromatic carbocycles. The van der Waals surface area contributed by atoms with E-state index in [-0.39, 0.29) is 0 Å². The van der Waals surface area contributed by atoms with Crippen molar-refractivity contribution in [3.63, 3.8) is 0 Å². The number of rotatable bonds is 3. The van der Waals surface area contributed by atoms with Crippen LogP contribution in [0.3, 0.4) is 0 Å². The van der Waals surface area contributed by atoms with Gasteiger partial charge in [0, 0.05) is 52.6 Å². The smallest absolute Gasteiger partial charge is 0.0448 e. The van der Waals surface area contributed by atoms with E-state index in [1.807, 2.05) is 24.4 Å². The summed E-state index contributed by atoms with van der Waals surface area (Å²) in [6, 6.07) is 14.4. The standard InChI is InChI=1S/C17H16BrN3/c1-21(11-12-3-2-4-13(18)9-12)17-6-5-16(19)15-10-20-8-7-14(15)17/h2-10H,11,19H2,1H3. The molecule has 0 amide bonds. The van der Waals surface area contributed by atoms with Crippen LogP contribution < -0.4 is 10.6 Å². The summed E-state index contributed by atoms with van der Waals surface area (Å²) in [4.78, 5) is 6.39. The van der Waals surface area contributed by atoms with Gasteiger partial charge in [-0.25, -0.2) is 0 Å². The molecule has 0 atom stereocenters. The van der Waals surface area contributed by atoms with Gasteiger partial charge in [-0.15, -0.1) is 0 Å². The van der Waals surface area contributed by atoms with Gasteiger partial charge in [-0.1, -0.05) is 28.1 Å². The van der Waals surface area contributed by atoms with Crippen molar-refractivity contribution >= 4 is 38.1 Å². The molecule has 3 rings (SSSR count). The number of anilines is 2. The van der Waals surface area contributed by atoms with Gasteiger partial charge in [0.15, 0.2) is 0 Å². The first-order valence-electron chi connectivity index (χ1n) is 6.73. The maximum atomic E-state index is 6.03. The topological polar surface area (TPSA) is 42.1 Å². The molecular formula is C17H16BrN3. The fourth-order valence-electron chi connectivity index (χ4n) is 2.52. The Hall–Kier alpha value is -2.07. The average Bonchev–Trinajstić information content (AvgIpc) is 2.48. The zero-order valence-electron chi connectivity index (χ0n) is 11.8. The first-order chi connectivity index (χ1) is 10.1. The van der Waals surface area contributed by atoms with E-state index in [2.05, 4.69) is 57.1 Å². The molecule has 0 aliphatic rings.